The average Bonchev–Trinajstić information content (AvgIpc) is 2.98. The van der Waals surface area contributed by atoms with Crippen molar-refractivity contribution >= 4 is 21.4 Å². The highest BCUT2D eigenvalue weighted by atomic mass is 32.2. The molecular weight excluding hydrogens is 352 g/mol. The van der Waals surface area contributed by atoms with Crippen LogP contribution in [-0.2, 0) is 10.0 Å². The van der Waals surface area contributed by atoms with Crippen LogP contribution in [0.15, 0.2) is 52.1 Å². The van der Waals surface area contributed by atoms with Gasteiger partial charge in [-0.05, 0) is 58.6 Å². The molecule has 3 nitrogen and oxygen atoms in total. The maximum Gasteiger partial charge on any atom is 0.240 e. The maximum atomic E-state index is 14.1. The summed E-state index contributed by atoms with van der Waals surface area (Å²) < 4.78 is 50.2. The molecule has 0 atom stereocenters. The Balaban J connectivity index is 2.11. The fourth-order valence-electron chi connectivity index (χ4n) is 2.46. The topological polar surface area (TPSA) is 60.2 Å². The summed E-state index contributed by atoms with van der Waals surface area (Å²) >= 11 is 1.42. The molecule has 24 heavy (non-hydrogen) atoms. The van der Waals surface area contributed by atoms with E-state index in [0.717, 1.165) is 28.8 Å². The second kappa shape index (κ2) is 6.08. The number of hydrogen-bond acceptors (Lipinski definition) is 3. The van der Waals surface area contributed by atoms with E-state index in [1.54, 1.807) is 19.1 Å². The van der Waals surface area contributed by atoms with Gasteiger partial charge < -0.3 is 0 Å². The number of sulfonamides is 1. The Morgan fingerprint density at radius 3 is 2.04 bits per heavy atom. The molecule has 0 aliphatic heterocycles. The molecule has 0 saturated heterocycles. The lowest BCUT2D eigenvalue weighted by Gasteiger charge is -2.08. The van der Waals surface area contributed by atoms with Gasteiger partial charge in [0, 0.05) is 11.1 Å². The van der Waals surface area contributed by atoms with Crippen molar-refractivity contribution in [2.45, 2.75) is 11.8 Å². The lowest BCUT2D eigenvalue weighted by molar-refractivity contribution is 0.568. The number of primary sulfonamides is 1. The third-order valence-corrected chi connectivity index (χ3v) is 5.37. The van der Waals surface area contributed by atoms with Crippen molar-refractivity contribution in [3.05, 3.63) is 64.4 Å². The first-order valence-electron chi connectivity index (χ1n) is 6.93. The smallest absolute Gasteiger partial charge is 0.225 e. The Hall–Kier alpha value is -2.09. The molecule has 2 N–H and O–H groups in total. The number of rotatable bonds is 3. The van der Waals surface area contributed by atoms with Gasteiger partial charge >= 0.3 is 0 Å². The summed E-state index contributed by atoms with van der Waals surface area (Å²) in [6.07, 6.45) is 0. The minimum atomic E-state index is -4.11. The van der Waals surface area contributed by atoms with Crippen molar-refractivity contribution in [3.63, 3.8) is 0 Å². The van der Waals surface area contributed by atoms with Crippen molar-refractivity contribution in [2.24, 2.45) is 5.14 Å². The molecule has 0 bridgehead atoms. The first-order valence-corrected chi connectivity index (χ1v) is 9.42. The Labute approximate surface area is 142 Å². The predicted octanol–water partition coefficient (Wildman–Crippen LogP) is 4.32. The van der Waals surface area contributed by atoms with Crippen LogP contribution in [0.3, 0.4) is 0 Å². The van der Waals surface area contributed by atoms with E-state index in [1.165, 1.54) is 23.5 Å². The van der Waals surface area contributed by atoms with Gasteiger partial charge in [-0.2, -0.15) is 11.3 Å². The summed E-state index contributed by atoms with van der Waals surface area (Å²) in [5, 5.41) is 8.69. The van der Waals surface area contributed by atoms with Crippen LogP contribution in [0.1, 0.15) is 5.56 Å². The van der Waals surface area contributed by atoms with E-state index in [4.69, 9.17) is 5.14 Å². The summed E-state index contributed by atoms with van der Waals surface area (Å²) in [6, 6.07) is 8.56. The van der Waals surface area contributed by atoms with Gasteiger partial charge in [0.1, 0.15) is 16.5 Å². The number of thiophene rings is 1. The highest BCUT2D eigenvalue weighted by Crippen LogP contribution is 2.36. The van der Waals surface area contributed by atoms with Gasteiger partial charge in [-0.1, -0.05) is 12.1 Å². The molecular formula is C17H13F2NO2S2. The maximum absolute atomic E-state index is 14.1. The van der Waals surface area contributed by atoms with Gasteiger partial charge in [0.15, 0.2) is 0 Å². The molecule has 0 radical (unpaired) electrons. The van der Waals surface area contributed by atoms with Crippen LogP contribution < -0.4 is 5.14 Å². The highest BCUT2D eigenvalue weighted by molar-refractivity contribution is 7.89. The van der Waals surface area contributed by atoms with Crippen LogP contribution in [0, 0.1) is 18.6 Å². The van der Waals surface area contributed by atoms with Gasteiger partial charge in [0.2, 0.25) is 10.0 Å². The standard InChI is InChI=1S/C17H13F2NO2S2/c1-10-6-11(2-4-15(10)18)13-8-23-9-14(13)12-3-5-17(16(19)7-12)24(20,21)22/h2-9H,1H3,(H2,20,21,22). The minimum Gasteiger partial charge on any atom is -0.225 e. The Morgan fingerprint density at radius 1 is 0.917 bits per heavy atom. The van der Waals surface area contributed by atoms with E-state index in [-0.39, 0.29) is 5.82 Å². The van der Waals surface area contributed by atoms with E-state index < -0.39 is 20.7 Å². The molecule has 1 heterocycles. The molecule has 0 aliphatic carbocycles. The molecule has 0 aliphatic rings. The zero-order chi connectivity index (χ0) is 17.5. The van der Waals surface area contributed by atoms with E-state index in [2.05, 4.69) is 0 Å². The quantitative estimate of drug-likeness (QED) is 0.752. The molecule has 1 aromatic heterocycles. The fourth-order valence-corrected chi connectivity index (χ4v) is 3.91. The first-order chi connectivity index (χ1) is 11.3. The lowest BCUT2D eigenvalue weighted by Crippen LogP contribution is -2.13. The van der Waals surface area contributed by atoms with E-state index in [1.807, 2.05) is 10.8 Å². The van der Waals surface area contributed by atoms with E-state index in [0.29, 0.717) is 11.1 Å². The zero-order valence-corrected chi connectivity index (χ0v) is 14.2. The van der Waals surface area contributed by atoms with Gasteiger partial charge in [0.25, 0.3) is 0 Å². The summed E-state index contributed by atoms with van der Waals surface area (Å²) in [5.41, 5.74) is 3.41. The number of halogens is 2. The number of hydrogen-bond donors (Lipinski definition) is 1. The summed E-state index contributed by atoms with van der Waals surface area (Å²) in [5.74, 6) is -1.19. The van der Waals surface area contributed by atoms with Crippen molar-refractivity contribution in [1.29, 1.82) is 0 Å². The Morgan fingerprint density at radius 2 is 1.50 bits per heavy atom. The van der Waals surface area contributed by atoms with Gasteiger partial charge in [-0.15, -0.1) is 0 Å². The number of benzene rings is 2. The third-order valence-electron chi connectivity index (χ3n) is 3.68. The largest absolute Gasteiger partial charge is 0.240 e. The molecule has 0 spiro atoms. The normalized spacial score (nSPS) is 11.7. The van der Waals surface area contributed by atoms with Crippen LogP contribution in [0.25, 0.3) is 22.3 Å². The second-order valence-corrected chi connectivity index (χ2v) is 7.63. The van der Waals surface area contributed by atoms with Gasteiger partial charge in [-0.25, -0.2) is 22.3 Å². The summed E-state index contributed by atoms with van der Waals surface area (Å²) in [7, 11) is -4.11. The van der Waals surface area contributed by atoms with Crippen molar-refractivity contribution in [2.75, 3.05) is 0 Å². The fraction of sp³-hybridized carbons (Fsp3) is 0.0588. The first kappa shape index (κ1) is 16.8. The van der Waals surface area contributed by atoms with Crippen molar-refractivity contribution < 1.29 is 17.2 Å². The molecule has 124 valence electrons. The molecule has 0 amide bonds. The number of nitrogens with two attached hydrogens (primary N) is 1. The SMILES string of the molecule is Cc1cc(-c2cscc2-c2ccc(S(N)(=O)=O)c(F)c2)ccc1F. The molecule has 3 rings (SSSR count). The van der Waals surface area contributed by atoms with Crippen LogP contribution in [0.5, 0.6) is 0 Å². The summed E-state index contributed by atoms with van der Waals surface area (Å²) in [4.78, 5) is -0.541. The lowest BCUT2D eigenvalue weighted by atomic mass is 9.98. The zero-order valence-electron chi connectivity index (χ0n) is 12.6. The van der Waals surface area contributed by atoms with Crippen molar-refractivity contribution in [1.82, 2.24) is 0 Å². The molecule has 0 fully saturated rings. The Bertz CT molecular complexity index is 1030. The number of aryl methyl sites for hydroxylation is 1. The van der Waals surface area contributed by atoms with Crippen molar-refractivity contribution in [3.8, 4) is 22.3 Å². The molecule has 7 heteroatoms. The van der Waals surface area contributed by atoms with Crippen LogP contribution in [0.2, 0.25) is 0 Å². The van der Waals surface area contributed by atoms with Crippen LogP contribution in [-0.4, -0.2) is 8.42 Å². The molecule has 0 unspecified atom stereocenters. The third kappa shape index (κ3) is 3.10. The van der Waals surface area contributed by atoms with E-state index in [9.17, 15) is 17.2 Å². The van der Waals surface area contributed by atoms with Gasteiger partial charge in [0.05, 0.1) is 0 Å². The average molecular weight is 365 g/mol. The van der Waals surface area contributed by atoms with Crippen LogP contribution >= 0.6 is 11.3 Å². The predicted molar refractivity (Wildman–Crippen MR) is 91.2 cm³/mol. The monoisotopic (exact) mass is 365 g/mol. The summed E-state index contributed by atoms with van der Waals surface area (Å²) in [6.45, 7) is 1.67. The van der Waals surface area contributed by atoms with Gasteiger partial charge in [-0.3, -0.25) is 0 Å². The van der Waals surface area contributed by atoms with E-state index >= 15 is 0 Å². The minimum absolute atomic E-state index is 0.293. The Kier molecular flexibility index (Phi) is 4.25. The highest BCUT2D eigenvalue weighted by Gasteiger charge is 2.17. The molecule has 2 aromatic carbocycles. The van der Waals surface area contributed by atoms with Crippen LogP contribution in [0.4, 0.5) is 8.78 Å². The second-order valence-electron chi connectivity index (χ2n) is 5.35. The molecule has 0 saturated carbocycles. The molecule has 3 aromatic rings.